The third-order valence-electron chi connectivity index (χ3n) is 3.40. The van der Waals surface area contributed by atoms with Crippen molar-refractivity contribution in [3.8, 4) is 0 Å². The zero-order chi connectivity index (χ0) is 15.2. The SMILES string of the molecule is OCC1=CC(N=C/C=C/c2ccccc2)C(O)C(O)C1O. The van der Waals surface area contributed by atoms with Gasteiger partial charge in [-0.25, -0.2) is 0 Å². The number of rotatable bonds is 4. The Bertz CT molecular complexity index is 538. The maximum atomic E-state index is 9.86. The van der Waals surface area contributed by atoms with E-state index >= 15 is 0 Å². The first-order valence-electron chi connectivity index (χ1n) is 6.74. The molecule has 4 atom stereocenters. The standard InChI is InChI=1S/C16H19NO4/c18-10-12-9-13(15(20)16(21)14(12)19)17-8-4-7-11-5-2-1-3-6-11/h1-9,13-16,18-21H,10H2/b7-4+,17-8?. The van der Waals surface area contributed by atoms with Gasteiger partial charge < -0.3 is 20.4 Å². The van der Waals surface area contributed by atoms with Gasteiger partial charge in [-0.3, -0.25) is 4.99 Å². The van der Waals surface area contributed by atoms with Gasteiger partial charge in [0.15, 0.2) is 0 Å². The van der Waals surface area contributed by atoms with Crippen molar-refractivity contribution in [1.29, 1.82) is 0 Å². The van der Waals surface area contributed by atoms with Crippen LogP contribution in [-0.4, -0.2) is 57.6 Å². The van der Waals surface area contributed by atoms with Crippen LogP contribution in [0, 0.1) is 0 Å². The minimum Gasteiger partial charge on any atom is -0.392 e. The topological polar surface area (TPSA) is 93.3 Å². The molecule has 0 saturated carbocycles. The molecule has 4 N–H and O–H groups in total. The van der Waals surface area contributed by atoms with Gasteiger partial charge in [0.05, 0.1) is 12.6 Å². The average Bonchev–Trinajstić information content (AvgIpc) is 2.52. The molecule has 1 aliphatic rings. The highest BCUT2D eigenvalue weighted by Crippen LogP contribution is 2.21. The molecule has 0 spiro atoms. The molecule has 1 aromatic rings. The summed E-state index contributed by atoms with van der Waals surface area (Å²) in [5, 5.41) is 38.3. The highest BCUT2D eigenvalue weighted by molar-refractivity contribution is 5.78. The van der Waals surface area contributed by atoms with E-state index < -0.39 is 24.4 Å². The summed E-state index contributed by atoms with van der Waals surface area (Å²) in [7, 11) is 0. The molecule has 0 radical (unpaired) electrons. The van der Waals surface area contributed by atoms with Gasteiger partial charge in [-0.15, -0.1) is 0 Å². The molecule has 112 valence electrons. The Hall–Kier alpha value is -1.79. The highest BCUT2D eigenvalue weighted by Gasteiger charge is 2.36. The fourth-order valence-corrected chi connectivity index (χ4v) is 2.17. The summed E-state index contributed by atoms with van der Waals surface area (Å²) in [5.74, 6) is 0. The predicted octanol–water partition coefficient (Wildman–Crippen LogP) is 0.154. The summed E-state index contributed by atoms with van der Waals surface area (Å²) in [4.78, 5) is 4.14. The molecule has 5 nitrogen and oxygen atoms in total. The second kappa shape index (κ2) is 7.28. The van der Waals surface area contributed by atoms with Crippen LogP contribution in [0.25, 0.3) is 6.08 Å². The monoisotopic (exact) mass is 289 g/mol. The second-order valence-corrected chi connectivity index (χ2v) is 4.88. The summed E-state index contributed by atoms with van der Waals surface area (Å²) in [5.41, 5.74) is 1.29. The van der Waals surface area contributed by atoms with Crippen molar-refractivity contribution in [3.05, 3.63) is 53.6 Å². The number of aliphatic hydroxyl groups excluding tert-OH is 4. The molecule has 1 aliphatic carbocycles. The Kier molecular flexibility index (Phi) is 5.41. The molecular weight excluding hydrogens is 270 g/mol. The van der Waals surface area contributed by atoms with Crippen LogP contribution >= 0.6 is 0 Å². The van der Waals surface area contributed by atoms with E-state index in [1.54, 1.807) is 6.08 Å². The van der Waals surface area contributed by atoms with Gasteiger partial charge in [-0.2, -0.15) is 0 Å². The normalized spacial score (nSPS) is 30.0. The van der Waals surface area contributed by atoms with E-state index in [9.17, 15) is 15.3 Å². The Morgan fingerprint density at radius 3 is 2.43 bits per heavy atom. The van der Waals surface area contributed by atoms with Gasteiger partial charge in [-0.1, -0.05) is 42.5 Å². The summed E-state index contributed by atoms with van der Waals surface area (Å²) in [6.45, 7) is -0.378. The molecule has 0 aromatic heterocycles. The molecule has 21 heavy (non-hydrogen) atoms. The van der Waals surface area contributed by atoms with Crippen molar-refractivity contribution in [2.75, 3.05) is 6.61 Å². The van der Waals surface area contributed by atoms with Crippen LogP contribution < -0.4 is 0 Å². The Labute approximate surface area is 123 Å². The van der Waals surface area contributed by atoms with E-state index in [4.69, 9.17) is 5.11 Å². The van der Waals surface area contributed by atoms with Crippen LogP contribution in [0.4, 0.5) is 0 Å². The first-order valence-corrected chi connectivity index (χ1v) is 6.74. The van der Waals surface area contributed by atoms with Crippen molar-refractivity contribution in [2.45, 2.75) is 24.4 Å². The van der Waals surface area contributed by atoms with E-state index in [-0.39, 0.29) is 12.2 Å². The van der Waals surface area contributed by atoms with E-state index in [0.29, 0.717) is 0 Å². The van der Waals surface area contributed by atoms with Crippen molar-refractivity contribution in [3.63, 3.8) is 0 Å². The first-order chi connectivity index (χ1) is 10.1. The highest BCUT2D eigenvalue weighted by atomic mass is 16.4. The minimum atomic E-state index is -1.35. The fourth-order valence-electron chi connectivity index (χ4n) is 2.17. The van der Waals surface area contributed by atoms with Crippen LogP contribution in [0.5, 0.6) is 0 Å². The number of benzene rings is 1. The third kappa shape index (κ3) is 3.86. The zero-order valence-corrected chi connectivity index (χ0v) is 11.4. The number of aliphatic imine (C=N–C) groups is 1. The van der Waals surface area contributed by atoms with Crippen LogP contribution in [-0.2, 0) is 0 Å². The largest absolute Gasteiger partial charge is 0.392 e. The van der Waals surface area contributed by atoms with E-state index in [1.807, 2.05) is 36.4 Å². The molecule has 2 rings (SSSR count). The number of hydrogen-bond donors (Lipinski definition) is 4. The lowest BCUT2D eigenvalue weighted by molar-refractivity contribution is -0.0592. The quantitative estimate of drug-likeness (QED) is 0.469. The molecule has 0 aliphatic heterocycles. The molecule has 0 saturated heterocycles. The molecule has 0 fully saturated rings. The Balaban J connectivity index is 2.06. The second-order valence-electron chi connectivity index (χ2n) is 4.88. The van der Waals surface area contributed by atoms with Crippen molar-refractivity contribution in [1.82, 2.24) is 0 Å². The minimum absolute atomic E-state index is 0.266. The molecule has 0 bridgehead atoms. The lowest BCUT2D eigenvalue weighted by atomic mass is 9.88. The maximum Gasteiger partial charge on any atom is 0.112 e. The lowest BCUT2D eigenvalue weighted by Gasteiger charge is -2.32. The summed E-state index contributed by atoms with van der Waals surface area (Å²) >= 11 is 0. The molecule has 0 amide bonds. The molecular formula is C16H19NO4. The fraction of sp³-hybridized carbons (Fsp3) is 0.312. The van der Waals surface area contributed by atoms with Crippen LogP contribution in [0.1, 0.15) is 5.56 Å². The van der Waals surface area contributed by atoms with Crippen molar-refractivity contribution in [2.24, 2.45) is 4.99 Å². The average molecular weight is 289 g/mol. The molecule has 5 heteroatoms. The maximum absolute atomic E-state index is 9.86. The zero-order valence-electron chi connectivity index (χ0n) is 11.4. The number of aliphatic hydroxyl groups is 4. The summed E-state index contributed by atoms with van der Waals surface area (Å²) in [6.07, 6.45) is 2.79. The van der Waals surface area contributed by atoms with Crippen molar-refractivity contribution < 1.29 is 20.4 Å². The van der Waals surface area contributed by atoms with Gasteiger partial charge in [-0.05, 0) is 17.2 Å². The van der Waals surface area contributed by atoms with Gasteiger partial charge in [0.25, 0.3) is 0 Å². The van der Waals surface area contributed by atoms with Crippen LogP contribution in [0.15, 0.2) is 53.0 Å². The summed E-state index contributed by atoms with van der Waals surface area (Å²) in [6, 6.07) is 8.99. The van der Waals surface area contributed by atoms with Gasteiger partial charge in [0.2, 0.25) is 0 Å². The number of nitrogens with zero attached hydrogens (tertiary/aromatic N) is 1. The van der Waals surface area contributed by atoms with E-state index in [0.717, 1.165) is 5.56 Å². The van der Waals surface area contributed by atoms with Gasteiger partial charge in [0.1, 0.15) is 18.3 Å². The predicted molar refractivity (Wildman–Crippen MR) is 80.9 cm³/mol. The van der Waals surface area contributed by atoms with Crippen LogP contribution in [0.3, 0.4) is 0 Å². The van der Waals surface area contributed by atoms with E-state index in [1.165, 1.54) is 12.3 Å². The Morgan fingerprint density at radius 1 is 1.05 bits per heavy atom. The third-order valence-corrected chi connectivity index (χ3v) is 3.40. The molecule has 1 aromatic carbocycles. The first kappa shape index (κ1) is 15.6. The summed E-state index contributed by atoms with van der Waals surface area (Å²) < 4.78 is 0. The molecule has 4 unspecified atom stereocenters. The molecule has 0 heterocycles. The number of allylic oxidation sites excluding steroid dienone is 1. The number of hydrogen-bond acceptors (Lipinski definition) is 5. The van der Waals surface area contributed by atoms with Gasteiger partial charge in [0, 0.05) is 6.21 Å². The van der Waals surface area contributed by atoms with Gasteiger partial charge >= 0.3 is 0 Å². The van der Waals surface area contributed by atoms with Crippen molar-refractivity contribution >= 4 is 12.3 Å². The van der Waals surface area contributed by atoms with Crippen LogP contribution in [0.2, 0.25) is 0 Å². The smallest absolute Gasteiger partial charge is 0.112 e. The lowest BCUT2D eigenvalue weighted by Crippen LogP contribution is -2.48. The van der Waals surface area contributed by atoms with E-state index in [2.05, 4.69) is 4.99 Å². The Morgan fingerprint density at radius 2 is 1.76 bits per heavy atom.